The number of aliphatic hydroxyl groups is 2. The summed E-state index contributed by atoms with van der Waals surface area (Å²) in [6, 6.07) is -0.714. The number of nitrogens with one attached hydrogen (secondary N) is 1. The second kappa shape index (κ2) is 55.7. The molecule has 0 fully saturated rings. The number of rotatable bonds is 54. The Kier molecular flexibility index (Phi) is 54.0. The molecule has 0 aromatic carbocycles. The van der Waals surface area contributed by atoms with Gasteiger partial charge in [0.15, 0.2) is 0 Å². The molecule has 0 rings (SSSR count). The summed E-state index contributed by atoms with van der Waals surface area (Å²) >= 11 is 0. The monoisotopic (exact) mass is 954 g/mol. The van der Waals surface area contributed by atoms with Gasteiger partial charge in [-0.05, 0) is 77.0 Å². The zero-order chi connectivity index (χ0) is 49.5. The lowest BCUT2D eigenvalue weighted by atomic mass is 10.0. The van der Waals surface area contributed by atoms with Crippen molar-refractivity contribution >= 4 is 11.9 Å². The number of carbonyl (C=O) groups is 2. The number of carbonyl (C=O) groups excluding carboxylic acids is 2. The number of hydrogen-bond acceptors (Lipinski definition) is 5. The number of amides is 1. The Labute approximate surface area is 423 Å². The third-order valence-electron chi connectivity index (χ3n) is 13.7. The third-order valence-corrected chi connectivity index (χ3v) is 13.7. The highest BCUT2D eigenvalue weighted by Crippen LogP contribution is 2.18. The van der Waals surface area contributed by atoms with Crippen molar-refractivity contribution in [2.24, 2.45) is 0 Å². The molecule has 1 amide bonds. The molecule has 0 aliphatic heterocycles. The van der Waals surface area contributed by atoms with Gasteiger partial charge in [-0.1, -0.05) is 268 Å². The molecule has 68 heavy (non-hydrogen) atoms. The van der Waals surface area contributed by atoms with Crippen LogP contribution in [0.5, 0.6) is 0 Å². The lowest BCUT2D eigenvalue weighted by Crippen LogP contribution is -2.46. The van der Waals surface area contributed by atoms with Crippen LogP contribution in [-0.2, 0) is 14.3 Å². The van der Waals surface area contributed by atoms with E-state index in [1.165, 1.54) is 193 Å². The van der Waals surface area contributed by atoms with Gasteiger partial charge in [0.1, 0.15) is 6.10 Å². The molecule has 0 saturated carbocycles. The minimum Gasteiger partial charge on any atom is -0.462 e. The first-order valence-corrected chi connectivity index (χ1v) is 29.9. The van der Waals surface area contributed by atoms with E-state index in [4.69, 9.17) is 4.74 Å². The van der Waals surface area contributed by atoms with Crippen molar-refractivity contribution in [3.63, 3.8) is 0 Å². The topological polar surface area (TPSA) is 95.9 Å². The van der Waals surface area contributed by atoms with E-state index in [1.807, 2.05) is 0 Å². The van der Waals surface area contributed by atoms with Crippen molar-refractivity contribution in [1.29, 1.82) is 0 Å². The second-order valence-electron chi connectivity index (χ2n) is 20.5. The standard InChI is InChI=1S/C62H115NO5/c1-4-7-10-13-16-19-22-25-28-31-34-37-40-43-46-49-52-55-62(67)68-58(53-50-47-44-41-38-35-32-29-26-23-20-17-14-11-8-5-2)56-61(66)63-59(57-64)60(65)54-51-48-45-42-39-36-33-30-27-24-21-18-15-12-9-6-3/h23,25-26,28-29,32,35,38,58-60,64-65H,4-22,24,27,30-31,33-34,36-37,39-57H2,1-3H3,(H,63,66)/b26-23+,28-25+,32-29+,38-35+. The van der Waals surface area contributed by atoms with Gasteiger partial charge < -0.3 is 20.3 Å². The van der Waals surface area contributed by atoms with Crippen LogP contribution in [-0.4, -0.2) is 46.9 Å². The first-order chi connectivity index (χ1) is 33.5. The van der Waals surface area contributed by atoms with Gasteiger partial charge in [0.2, 0.25) is 5.91 Å². The molecular weight excluding hydrogens is 839 g/mol. The Morgan fingerprint density at radius 1 is 0.426 bits per heavy atom. The van der Waals surface area contributed by atoms with E-state index in [0.29, 0.717) is 19.3 Å². The SMILES string of the molecule is CCCCCCC/C=C/C=C/C=C/CCCCCC(CC(=O)NC(CO)C(O)CCCCCCCCCCCCCCCCCC)OC(=O)CCCCCCCCC/C=C/CCCCCCCC. The van der Waals surface area contributed by atoms with Crippen LogP contribution in [0.3, 0.4) is 0 Å². The number of aliphatic hydroxyl groups excluding tert-OH is 2. The maximum atomic E-state index is 13.3. The van der Waals surface area contributed by atoms with Gasteiger partial charge in [-0.2, -0.15) is 0 Å². The summed E-state index contributed by atoms with van der Waals surface area (Å²) in [5, 5.41) is 23.9. The smallest absolute Gasteiger partial charge is 0.306 e. The van der Waals surface area contributed by atoms with Crippen LogP contribution < -0.4 is 5.32 Å². The summed E-state index contributed by atoms with van der Waals surface area (Å²) in [7, 11) is 0. The lowest BCUT2D eigenvalue weighted by Gasteiger charge is -2.24. The fourth-order valence-corrected chi connectivity index (χ4v) is 9.13. The second-order valence-corrected chi connectivity index (χ2v) is 20.5. The molecule has 0 spiro atoms. The average Bonchev–Trinajstić information content (AvgIpc) is 3.33. The summed E-state index contributed by atoms with van der Waals surface area (Å²) < 4.78 is 5.95. The summed E-state index contributed by atoms with van der Waals surface area (Å²) in [4.78, 5) is 26.3. The Balaban J connectivity index is 4.60. The van der Waals surface area contributed by atoms with Crippen LogP contribution in [0.25, 0.3) is 0 Å². The predicted octanol–water partition coefficient (Wildman–Crippen LogP) is 18.6. The Bertz CT molecular complexity index is 1160. The number of unbranched alkanes of at least 4 members (excludes halogenated alkanes) is 36. The molecule has 0 bridgehead atoms. The summed E-state index contributed by atoms with van der Waals surface area (Å²) in [6.07, 6.45) is 68.9. The molecule has 3 unspecified atom stereocenters. The van der Waals surface area contributed by atoms with Crippen molar-refractivity contribution < 1.29 is 24.5 Å². The molecule has 3 N–H and O–H groups in total. The molecule has 3 atom stereocenters. The molecule has 6 nitrogen and oxygen atoms in total. The number of esters is 1. The highest BCUT2D eigenvalue weighted by molar-refractivity contribution is 5.77. The molecule has 6 heteroatoms. The van der Waals surface area contributed by atoms with Crippen LogP contribution in [0, 0.1) is 0 Å². The van der Waals surface area contributed by atoms with Gasteiger partial charge in [-0.15, -0.1) is 0 Å². The molecule has 0 aliphatic carbocycles. The highest BCUT2D eigenvalue weighted by Gasteiger charge is 2.24. The van der Waals surface area contributed by atoms with Gasteiger partial charge in [-0.3, -0.25) is 9.59 Å². The van der Waals surface area contributed by atoms with Crippen LogP contribution in [0.1, 0.15) is 310 Å². The van der Waals surface area contributed by atoms with E-state index in [9.17, 15) is 19.8 Å². The molecule has 0 heterocycles. The molecule has 0 aromatic heterocycles. The van der Waals surface area contributed by atoms with E-state index in [-0.39, 0.29) is 24.9 Å². The van der Waals surface area contributed by atoms with Crippen LogP contribution in [0.4, 0.5) is 0 Å². The molecule has 0 aromatic rings. The van der Waals surface area contributed by atoms with E-state index in [2.05, 4.69) is 74.7 Å². The van der Waals surface area contributed by atoms with Gasteiger partial charge >= 0.3 is 5.97 Å². The van der Waals surface area contributed by atoms with Gasteiger partial charge in [0.05, 0.1) is 25.2 Å². The Morgan fingerprint density at radius 3 is 1.18 bits per heavy atom. The van der Waals surface area contributed by atoms with E-state index < -0.39 is 18.2 Å². The minimum absolute atomic E-state index is 0.0548. The van der Waals surface area contributed by atoms with Crippen molar-refractivity contribution in [3.8, 4) is 0 Å². The zero-order valence-electron chi connectivity index (χ0n) is 45.5. The number of hydrogen-bond donors (Lipinski definition) is 3. The van der Waals surface area contributed by atoms with Crippen molar-refractivity contribution in [3.05, 3.63) is 48.6 Å². The fourth-order valence-electron chi connectivity index (χ4n) is 9.13. The third kappa shape index (κ3) is 50.2. The van der Waals surface area contributed by atoms with Crippen LogP contribution >= 0.6 is 0 Å². The predicted molar refractivity (Wildman–Crippen MR) is 296 cm³/mol. The quantitative estimate of drug-likeness (QED) is 0.0244. The van der Waals surface area contributed by atoms with Gasteiger partial charge in [0.25, 0.3) is 0 Å². The Hall–Kier alpha value is -2.18. The molecule has 398 valence electrons. The van der Waals surface area contributed by atoms with Crippen molar-refractivity contribution in [2.75, 3.05) is 6.61 Å². The normalized spacial score (nSPS) is 13.4. The van der Waals surface area contributed by atoms with E-state index >= 15 is 0 Å². The van der Waals surface area contributed by atoms with E-state index in [1.54, 1.807) is 0 Å². The lowest BCUT2D eigenvalue weighted by molar-refractivity contribution is -0.151. The first kappa shape index (κ1) is 65.8. The fraction of sp³-hybridized carbons (Fsp3) is 0.839. The number of ether oxygens (including phenoxy) is 1. The molecule has 0 aliphatic rings. The maximum Gasteiger partial charge on any atom is 0.306 e. The molecule has 0 saturated heterocycles. The van der Waals surface area contributed by atoms with E-state index in [0.717, 1.165) is 70.6 Å². The molecular formula is C62H115NO5. The average molecular weight is 955 g/mol. The summed E-state index contributed by atoms with van der Waals surface area (Å²) in [5.74, 6) is -0.500. The van der Waals surface area contributed by atoms with Crippen LogP contribution in [0.2, 0.25) is 0 Å². The molecule has 0 radical (unpaired) electrons. The highest BCUT2D eigenvalue weighted by atomic mass is 16.5. The van der Waals surface area contributed by atoms with Crippen molar-refractivity contribution in [1.82, 2.24) is 5.32 Å². The first-order valence-electron chi connectivity index (χ1n) is 29.9. The van der Waals surface area contributed by atoms with Crippen LogP contribution in [0.15, 0.2) is 48.6 Å². The van der Waals surface area contributed by atoms with Gasteiger partial charge in [0, 0.05) is 6.42 Å². The summed E-state index contributed by atoms with van der Waals surface area (Å²) in [5.41, 5.74) is 0. The largest absolute Gasteiger partial charge is 0.462 e. The maximum absolute atomic E-state index is 13.3. The Morgan fingerprint density at radius 2 is 0.765 bits per heavy atom. The van der Waals surface area contributed by atoms with Crippen molar-refractivity contribution in [2.45, 2.75) is 328 Å². The van der Waals surface area contributed by atoms with Gasteiger partial charge in [-0.25, -0.2) is 0 Å². The summed E-state index contributed by atoms with van der Waals surface area (Å²) in [6.45, 7) is 6.49. The zero-order valence-corrected chi connectivity index (χ0v) is 45.5. The number of allylic oxidation sites excluding steroid dienone is 8. The minimum atomic E-state index is -0.799.